The predicted molar refractivity (Wildman–Crippen MR) is 409 cm³/mol. The van der Waals surface area contributed by atoms with Crippen LogP contribution in [0.2, 0.25) is 0 Å². The zero-order valence-corrected chi connectivity index (χ0v) is 64.4. The highest BCUT2D eigenvalue weighted by Gasteiger charge is 2.30. The SMILES string of the molecule is CCCCC/C=C\C/C=C\C/C=C\C/C=C\CCCC(=O)O[C@H](COCCCCCCC/C=C\CCCCCCC=O)COP(=O)(O)OC[C@@H](O)COP(=O)(O)OC[C@@H](COC(=O)CCCCCCCCCCCCCCC)OC(=O)CCC/C=C\C/C=C\C/C=C\C/C=C\CCCCC. The van der Waals surface area contributed by atoms with Crippen molar-refractivity contribution < 1.29 is 80.2 Å². The molecule has 19 heteroatoms. The molecule has 0 aliphatic rings. The number of ether oxygens (including phenoxy) is 4. The van der Waals surface area contributed by atoms with Crippen LogP contribution < -0.4 is 0 Å². The van der Waals surface area contributed by atoms with Crippen LogP contribution in [-0.2, 0) is 65.4 Å². The summed E-state index contributed by atoms with van der Waals surface area (Å²) in [5.41, 5.74) is 0. The molecule has 0 amide bonds. The first-order chi connectivity index (χ1) is 48.8. The summed E-state index contributed by atoms with van der Waals surface area (Å²) >= 11 is 0. The van der Waals surface area contributed by atoms with Gasteiger partial charge >= 0.3 is 33.6 Å². The minimum Gasteiger partial charge on any atom is -0.462 e. The number of carbonyl (C=O) groups excluding carboxylic acids is 4. The van der Waals surface area contributed by atoms with Crippen LogP contribution in [0.3, 0.4) is 0 Å². The first-order valence-electron chi connectivity index (χ1n) is 39.1. The van der Waals surface area contributed by atoms with Gasteiger partial charge in [-0.15, -0.1) is 0 Å². The molecule has 0 fully saturated rings. The van der Waals surface area contributed by atoms with Crippen LogP contribution in [0.1, 0.15) is 316 Å². The molecule has 0 aliphatic carbocycles. The van der Waals surface area contributed by atoms with Crippen molar-refractivity contribution in [2.45, 2.75) is 334 Å². The number of aldehydes is 1. The molecular formula is C81H140O17P2. The number of hydrogen-bond donors (Lipinski definition) is 3. The number of rotatable bonds is 75. The number of esters is 3. The van der Waals surface area contributed by atoms with E-state index in [0.717, 1.165) is 148 Å². The Bertz CT molecular complexity index is 2290. The Hall–Kier alpha value is -4.12. The second-order valence-electron chi connectivity index (χ2n) is 25.9. The summed E-state index contributed by atoms with van der Waals surface area (Å²) in [6, 6.07) is 0. The van der Waals surface area contributed by atoms with E-state index in [0.29, 0.717) is 45.1 Å². The molecule has 0 aliphatic heterocycles. The molecule has 3 N–H and O–H groups in total. The molecule has 0 rings (SSSR count). The van der Waals surface area contributed by atoms with Crippen molar-refractivity contribution in [1.29, 1.82) is 0 Å². The number of aliphatic hydroxyl groups is 1. The summed E-state index contributed by atoms with van der Waals surface area (Å²) in [4.78, 5) is 70.5. The van der Waals surface area contributed by atoms with E-state index in [2.05, 4.69) is 106 Å². The number of carbonyl (C=O) groups is 4. The van der Waals surface area contributed by atoms with Gasteiger partial charge in [-0.2, -0.15) is 0 Å². The monoisotopic (exact) mass is 1450 g/mol. The Labute approximate surface area is 607 Å². The summed E-state index contributed by atoms with van der Waals surface area (Å²) in [7, 11) is -9.87. The zero-order valence-electron chi connectivity index (χ0n) is 62.6. The molecule has 576 valence electrons. The number of allylic oxidation sites excluding steroid dienone is 18. The number of hydrogen-bond acceptors (Lipinski definition) is 15. The van der Waals surface area contributed by atoms with E-state index in [4.69, 9.17) is 37.0 Å². The molecule has 0 aromatic heterocycles. The van der Waals surface area contributed by atoms with Gasteiger partial charge in [-0.3, -0.25) is 32.5 Å². The summed E-state index contributed by atoms with van der Waals surface area (Å²) < 4.78 is 69.1. The van der Waals surface area contributed by atoms with E-state index >= 15 is 0 Å². The average Bonchev–Trinajstić information content (AvgIpc) is 1.07. The van der Waals surface area contributed by atoms with Crippen molar-refractivity contribution in [3.05, 3.63) is 109 Å². The zero-order chi connectivity index (χ0) is 73.0. The highest BCUT2D eigenvalue weighted by molar-refractivity contribution is 7.47. The van der Waals surface area contributed by atoms with Crippen LogP contribution >= 0.6 is 15.6 Å². The average molecular weight is 1450 g/mol. The second-order valence-corrected chi connectivity index (χ2v) is 28.8. The van der Waals surface area contributed by atoms with Crippen molar-refractivity contribution in [3.63, 3.8) is 0 Å². The molecule has 100 heavy (non-hydrogen) atoms. The van der Waals surface area contributed by atoms with Gasteiger partial charge in [0.1, 0.15) is 25.1 Å². The molecule has 0 saturated carbocycles. The Balaban J connectivity index is 5.39. The fourth-order valence-corrected chi connectivity index (χ4v) is 11.8. The number of aliphatic hydroxyl groups excluding tert-OH is 1. The second kappa shape index (κ2) is 74.6. The van der Waals surface area contributed by atoms with Gasteiger partial charge in [0, 0.05) is 32.3 Å². The third-order valence-electron chi connectivity index (χ3n) is 16.2. The van der Waals surface area contributed by atoms with Gasteiger partial charge < -0.3 is 38.6 Å². The van der Waals surface area contributed by atoms with Crippen molar-refractivity contribution >= 4 is 39.8 Å². The maximum atomic E-state index is 13.1. The molecule has 0 bridgehead atoms. The normalized spacial score (nSPS) is 14.5. The van der Waals surface area contributed by atoms with Crippen molar-refractivity contribution in [1.82, 2.24) is 0 Å². The van der Waals surface area contributed by atoms with E-state index in [1.165, 1.54) is 96.3 Å². The fourth-order valence-electron chi connectivity index (χ4n) is 10.2. The summed E-state index contributed by atoms with van der Waals surface area (Å²) in [5, 5.41) is 10.6. The number of unbranched alkanes of at least 4 members (excludes halogenated alkanes) is 30. The summed E-state index contributed by atoms with van der Waals surface area (Å²) in [5.74, 6) is -1.66. The number of phosphoric ester groups is 2. The van der Waals surface area contributed by atoms with Crippen molar-refractivity contribution in [2.24, 2.45) is 0 Å². The van der Waals surface area contributed by atoms with E-state index in [9.17, 15) is 43.2 Å². The Morgan fingerprint density at radius 3 is 0.990 bits per heavy atom. The van der Waals surface area contributed by atoms with Crippen LogP contribution in [0, 0.1) is 0 Å². The van der Waals surface area contributed by atoms with E-state index < -0.39 is 84.9 Å². The highest BCUT2D eigenvalue weighted by atomic mass is 31.2. The lowest BCUT2D eigenvalue weighted by Crippen LogP contribution is -2.30. The minimum atomic E-state index is -4.97. The number of phosphoric acid groups is 2. The van der Waals surface area contributed by atoms with Crippen LogP contribution in [0.25, 0.3) is 0 Å². The van der Waals surface area contributed by atoms with Gasteiger partial charge in [0.15, 0.2) is 6.10 Å². The van der Waals surface area contributed by atoms with Crippen molar-refractivity contribution in [3.8, 4) is 0 Å². The first-order valence-corrected chi connectivity index (χ1v) is 42.1. The molecule has 17 nitrogen and oxygen atoms in total. The molecule has 0 aromatic carbocycles. The van der Waals surface area contributed by atoms with Crippen LogP contribution in [-0.4, -0.2) is 104 Å². The van der Waals surface area contributed by atoms with Gasteiger partial charge in [0.05, 0.1) is 33.0 Å². The third-order valence-corrected chi connectivity index (χ3v) is 18.1. The third kappa shape index (κ3) is 73.6. The summed E-state index contributed by atoms with van der Waals surface area (Å²) in [6.07, 6.45) is 80.0. The lowest BCUT2D eigenvalue weighted by Gasteiger charge is -2.21. The maximum absolute atomic E-state index is 13.1. The molecule has 0 aromatic rings. The smallest absolute Gasteiger partial charge is 0.462 e. The molecule has 0 spiro atoms. The standard InChI is InChI=1S/C81H140O17P2/c1-4-7-10-13-16-19-22-25-27-29-31-36-41-46-51-56-61-66-80(85)97-77(72-91-69-64-59-54-49-44-39-34-33-38-43-48-53-58-63-68-82)74-95-99(87,88)93-70-76(83)71-94-100(89,90)96-75-78(73-92-79(84)65-60-55-50-45-40-35-24-21-18-15-12-9-6-3)98-81(86)67-62-57-52-47-42-37-32-30-28-26-23-20-17-14-11-8-5-2/h16-17,19-20,25-28,31-34,36-37,46-47,51-52,68,76-78,83H,4-15,18,21-24,29-30,35,38-45,48-50,53-67,69-75H2,1-3H3,(H,87,88)(H,89,90)/b19-16-,20-17-,27-25-,28-26-,34-33-,36-31-,37-32-,51-46-,52-47-/t76-,77-,78-/m1/s1. The molecule has 0 saturated heterocycles. The fraction of sp³-hybridized carbons (Fsp3) is 0.728. The molecular weight excluding hydrogens is 1310 g/mol. The first kappa shape index (κ1) is 95.9. The van der Waals surface area contributed by atoms with Gasteiger partial charge in [-0.25, -0.2) is 9.13 Å². The molecule has 0 radical (unpaired) electrons. The Morgan fingerprint density at radius 2 is 0.600 bits per heavy atom. The maximum Gasteiger partial charge on any atom is 0.472 e. The minimum absolute atomic E-state index is 0.0281. The van der Waals surface area contributed by atoms with Crippen LogP contribution in [0.5, 0.6) is 0 Å². The Morgan fingerprint density at radius 1 is 0.320 bits per heavy atom. The molecule has 2 unspecified atom stereocenters. The highest BCUT2D eigenvalue weighted by Crippen LogP contribution is 2.45. The van der Waals surface area contributed by atoms with Crippen LogP contribution in [0.15, 0.2) is 109 Å². The van der Waals surface area contributed by atoms with Crippen LogP contribution in [0.4, 0.5) is 0 Å². The van der Waals surface area contributed by atoms with Gasteiger partial charge in [-0.05, 0) is 135 Å². The van der Waals surface area contributed by atoms with E-state index in [-0.39, 0.29) is 25.9 Å². The lowest BCUT2D eigenvalue weighted by atomic mass is 10.0. The van der Waals surface area contributed by atoms with Gasteiger partial charge in [0.2, 0.25) is 0 Å². The van der Waals surface area contributed by atoms with E-state index in [1.807, 2.05) is 24.3 Å². The topological polar surface area (TPSA) is 237 Å². The molecule has 0 heterocycles. The van der Waals surface area contributed by atoms with Gasteiger partial charge in [-0.1, -0.05) is 265 Å². The largest absolute Gasteiger partial charge is 0.472 e. The Kier molecular flexibility index (Phi) is 71.5. The quantitative estimate of drug-likeness (QED) is 0.0128. The summed E-state index contributed by atoms with van der Waals surface area (Å²) in [6.45, 7) is 3.46. The lowest BCUT2D eigenvalue weighted by molar-refractivity contribution is -0.161. The van der Waals surface area contributed by atoms with Crippen molar-refractivity contribution in [2.75, 3.05) is 46.2 Å². The molecule has 5 atom stereocenters. The predicted octanol–water partition coefficient (Wildman–Crippen LogP) is 22.2. The van der Waals surface area contributed by atoms with E-state index in [1.54, 1.807) is 0 Å². The van der Waals surface area contributed by atoms with Gasteiger partial charge in [0.25, 0.3) is 0 Å².